The third-order valence-corrected chi connectivity index (χ3v) is 7.38. The van der Waals surface area contributed by atoms with Crippen molar-refractivity contribution < 1.29 is 18.3 Å². The van der Waals surface area contributed by atoms with E-state index in [-0.39, 0.29) is 12.3 Å². The minimum absolute atomic E-state index is 0.0988. The fraction of sp³-hybridized carbons (Fsp3) is 0.615. The molecule has 1 aromatic rings. The number of carbonyl (C=O) groups is 1. The SMILES string of the molecule is Cc1sc(Br)cc1S(=O)(=O)N1CCCC(CCC(=O)O)C1. The van der Waals surface area contributed by atoms with Crippen molar-refractivity contribution in [2.45, 2.75) is 37.5 Å². The fourth-order valence-electron chi connectivity index (χ4n) is 2.63. The van der Waals surface area contributed by atoms with Gasteiger partial charge in [0.15, 0.2) is 0 Å². The molecule has 1 saturated heterocycles. The van der Waals surface area contributed by atoms with Crippen molar-refractivity contribution in [3.05, 3.63) is 14.7 Å². The Balaban J connectivity index is 2.13. The molecular formula is C13H18BrNO4S2. The number of hydrogen-bond donors (Lipinski definition) is 1. The second-order valence-corrected chi connectivity index (χ2v) is 9.82. The maximum Gasteiger partial charge on any atom is 0.303 e. The van der Waals surface area contributed by atoms with Crippen LogP contribution in [0.5, 0.6) is 0 Å². The molecule has 1 fully saturated rings. The third-order valence-electron chi connectivity index (χ3n) is 3.71. The summed E-state index contributed by atoms with van der Waals surface area (Å²) in [6, 6.07) is 1.65. The maximum atomic E-state index is 12.7. The summed E-state index contributed by atoms with van der Waals surface area (Å²) in [4.78, 5) is 11.8. The van der Waals surface area contributed by atoms with E-state index < -0.39 is 16.0 Å². The summed E-state index contributed by atoms with van der Waals surface area (Å²) in [7, 11) is -3.48. The standard InChI is InChI=1S/C13H18BrNO4S2/c1-9-11(7-12(14)20-9)21(18,19)15-6-2-3-10(8-15)4-5-13(16)17/h7,10H,2-6,8H2,1H3,(H,16,17). The minimum atomic E-state index is -3.48. The monoisotopic (exact) mass is 395 g/mol. The van der Waals surface area contributed by atoms with Crippen LogP contribution in [0.2, 0.25) is 0 Å². The Morgan fingerprint density at radius 2 is 2.29 bits per heavy atom. The molecule has 5 nitrogen and oxygen atoms in total. The zero-order chi connectivity index (χ0) is 15.6. The zero-order valence-electron chi connectivity index (χ0n) is 11.7. The average molecular weight is 396 g/mol. The molecule has 8 heteroatoms. The van der Waals surface area contributed by atoms with Crippen molar-refractivity contribution in [1.29, 1.82) is 0 Å². The molecule has 1 N–H and O–H groups in total. The van der Waals surface area contributed by atoms with Gasteiger partial charge in [-0.15, -0.1) is 11.3 Å². The number of aryl methyl sites for hydroxylation is 1. The van der Waals surface area contributed by atoms with Gasteiger partial charge in [-0.2, -0.15) is 4.31 Å². The lowest BCUT2D eigenvalue weighted by atomic mass is 9.95. The minimum Gasteiger partial charge on any atom is -0.481 e. The van der Waals surface area contributed by atoms with Gasteiger partial charge >= 0.3 is 5.97 Å². The Bertz CT molecular complexity index is 626. The summed E-state index contributed by atoms with van der Waals surface area (Å²) in [5.41, 5.74) is 0. The second-order valence-electron chi connectivity index (χ2n) is 5.27. The molecular weight excluding hydrogens is 378 g/mol. The van der Waals surface area contributed by atoms with Gasteiger partial charge in [-0.1, -0.05) is 0 Å². The summed E-state index contributed by atoms with van der Waals surface area (Å²) in [6.07, 6.45) is 2.31. The molecule has 0 saturated carbocycles. The molecule has 1 unspecified atom stereocenters. The van der Waals surface area contributed by atoms with E-state index in [9.17, 15) is 13.2 Å². The van der Waals surface area contributed by atoms with E-state index in [1.807, 2.05) is 0 Å². The Labute approximate surface area is 137 Å². The van der Waals surface area contributed by atoms with E-state index in [0.717, 1.165) is 21.5 Å². The number of aliphatic carboxylic acids is 1. The summed E-state index contributed by atoms with van der Waals surface area (Å²) < 4.78 is 27.7. The van der Waals surface area contributed by atoms with Gasteiger partial charge in [0.1, 0.15) is 0 Å². The molecule has 0 aliphatic carbocycles. The number of thiophene rings is 1. The maximum absolute atomic E-state index is 12.7. The molecule has 1 aliphatic rings. The van der Waals surface area contributed by atoms with Crippen LogP contribution in [0.15, 0.2) is 14.7 Å². The van der Waals surface area contributed by atoms with Crippen molar-refractivity contribution in [2.75, 3.05) is 13.1 Å². The number of halogens is 1. The highest BCUT2D eigenvalue weighted by atomic mass is 79.9. The van der Waals surface area contributed by atoms with E-state index in [4.69, 9.17) is 5.11 Å². The van der Waals surface area contributed by atoms with E-state index in [1.54, 1.807) is 13.0 Å². The molecule has 0 amide bonds. The van der Waals surface area contributed by atoms with Gasteiger partial charge < -0.3 is 5.11 Å². The third kappa shape index (κ3) is 4.06. The normalized spacial score (nSPS) is 20.6. The number of hydrogen-bond acceptors (Lipinski definition) is 4. The lowest BCUT2D eigenvalue weighted by molar-refractivity contribution is -0.137. The number of piperidine rings is 1. The van der Waals surface area contributed by atoms with Gasteiger partial charge in [0, 0.05) is 24.4 Å². The zero-order valence-corrected chi connectivity index (χ0v) is 14.9. The largest absolute Gasteiger partial charge is 0.481 e. The number of rotatable bonds is 5. The first kappa shape index (κ1) is 16.9. The van der Waals surface area contributed by atoms with Gasteiger partial charge in [0.25, 0.3) is 0 Å². The first-order valence-electron chi connectivity index (χ1n) is 6.78. The lowest BCUT2D eigenvalue weighted by Crippen LogP contribution is -2.40. The Morgan fingerprint density at radius 1 is 1.57 bits per heavy atom. The molecule has 0 spiro atoms. The molecule has 2 heterocycles. The van der Waals surface area contributed by atoms with E-state index >= 15 is 0 Å². The van der Waals surface area contributed by atoms with Gasteiger partial charge in [0.05, 0.1) is 8.68 Å². The number of carboxylic acids is 1. The van der Waals surface area contributed by atoms with E-state index in [0.29, 0.717) is 24.4 Å². The van der Waals surface area contributed by atoms with Crippen LogP contribution in [0.4, 0.5) is 0 Å². The van der Waals surface area contributed by atoms with Crippen LogP contribution in [0.3, 0.4) is 0 Å². The summed E-state index contributed by atoms with van der Waals surface area (Å²) >= 11 is 4.73. The lowest BCUT2D eigenvalue weighted by Gasteiger charge is -2.31. The van der Waals surface area contributed by atoms with Crippen LogP contribution in [-0.2, 0) is 14.8 Å². The van der Waals surface area contributed by atoms with E-state index in [2.05, 4.69) is 15.9 Å². The molecule has 0 aromatic carbocycles. The fourth-order valence-corrected chi connectivity index (χ4v) is 6.57. The first-order valence-corrected chi connectivity index (χ1v) is 9.83. The molecule has 21 heavy (non-hydrogen) atoms. The van der Waals surface area contributed by atoms with Crippen molar-refractivity contribution in [1.82, 2.24) is 4.31 Å². The van der Waals surface area contributed by atoms with Crippen LogP contribution in [-0.4, -0.2) is 36.9 Å². The first-order chi connectivity index (χ1) is 9.80. The van der Waals surface area contributed by atoms with Crippen molar-refractivity contribution >= 4 is 43.3 Å². The molecule has 118 valence electrons. The van der Waals surface area contributed by atoms with Crippen LogP contribution < -0.4 is 0 Å². The van der Waals surface area contributed by atoms with Gasteiger partial charge in [-0.25, -0.2) is 8.42 Å². The number of nitrogens with zero attached hydrogens (tertiary/aromatic N) is 1. The molecule has 1 aliphatic heterocycles. The molecule has 2 rings (SSSR count). The molecule has 1 atom stereocenters. The predicted molar refractivity (Wildman–Crippen MR) is 85.1 cm³/mol. The Hall–Kier alpha value is -0.440. The molecule has 1 aromatic heterocycles. The van der Waals surface area contributed by atoms with Crippen molar-refractivity contribution in [3.63, 3.8) is 0 Å². The second kappa shape index (κ2) is 6.76. The Morgan fingerprint density at radius 3 is 2.86 bits per heavy atom. The Kier molecular flexibility index (Phi) is 5.45. The topological polar surface area (TPSA) is 74.7 Å². The van der Waals surface area contributed by atoms with Crippen molar-refractivity contribution in [3.8, 4) is 0 Å². The predicted octanol–water partition coefficient (Wildman–Crippen LogP) is 3.08. The molecule has 0 radical (unpaired) electrons. The van der Waals surface area contributed by atoms with Crippen molar-refractivity contribution in [2.24, 2.45) is 5.92 Å². The average Bonchev–Trinajstić information content (AvgIpc) is 2.76. The van der Waals surface area contributed by atoms with Crippen LogP contribution in [0, 0.1) is 12.8 Å². The van der Waals surface area contributed by atoms with Gasteiger partial charge in [-0.05, 0) is 54.1 Å². The van der Waals surface area contributed by atoms with Gasteiger partial charge in [-0.3, -0.25) is 4.79 Å². The highest BCUT2D eigenvalue weighted by Crippen LogP contribution is 2.33. The summed E-state index contributed by atoms with van der Waals surface area (Å²) in [5.74, 6) is -0.695. The smallest absolute Gasteiger partial charge is 0.303 e. The van der Waals surface area contributed by atoms with Crippen LogP contribution >= 0.6 is 27.3 Å². The van der Waals surface area contributed by atoms with Gasteiger partial charge in [0.2, 0.25) is 10.0 Å². The number of carboxylic acid groups (broad SMARTS) is 1. The van der Waals surface area contributed by atoms with Crippen LogP contribution in [0.1, 0.15) is 30.6 Å². The highest BCUT2D eigenvalue weighted by Gasteiger charge is 2.32. The van der Waals surface area contributed by atoms with Crippen LogP contribution in [0.25, 0.3) is 0 Å². The number of sulfonamides is 1. The summed E-state index contributed by atoms with van der Waals surface area (Å²) in [5, 5.41) is 8.75. The quantitative estimate of drug-likeness (QED) is 0.830. The van der Waals surface area contributed by atoms with E-state index in [1.165, 1.54) is 15.6 Å². The highest BCUT2D eigenvalue weighted by molar-refractivity contribution is 9.11. The molecule has 0 bridgehead atoms. The summed E-state index contributed by atoms with van der Waals surface area (Å²) in [6.45, 7) is 2.73.